The molecule has 0 bridgehead atoms. The van der Waals surface area contributed by atoms with E-state index in [9.17, 15) is 9.50 Å². The van der Waals surface area contributed by atoms with E-state index in [-0.39, 0.29) is 5.82 Å². The van der Waals surface area contributed by atoms with Crippen molar-refractivity contribution in [2.24, 2.45) is 0 Å². The zero-order chi connectivity index (χ0) is 20.3. The van der Waals surface area contributed by atoms with Crippen LogP contribution in [0, 0.1) is 12.7 Å². The van der Waals surface area contributed by atoms with E-state index >= 15 is 0 Å². The number of aryl methyl sites for hydroxylation is 2. The Kier molecular flexibility index (Phi) is 6.30. The third kappa shape index (κ3) is 5.26. The number of β-amino-alcohol motifs (C(OH)–C–C–N with tert-alkyl or cyclic N) is 1. The van der Waals surface area contributed by atoms with E-state index in [1.807, 2.05) is 26.8 Å². The second-order valence-electron chi connectivity index (χ2n) is 8.26. The van der Waals surface area contributed by atoms with Crippen LogP contribution in [-0.2, 0) is 12.8 Å². The number of rotatable bonds is 6. The first-order chi connectivity index (χ1) is 13.2. The fraction of sp³-hybridized carbons (Fsp3) is 0.545. The molecule has 1 N–H and O–H groups in total. The molecule has 0 amide bonds. The molecule has 1 aromatic carbocycles. The molecule has 0 atom stereocenters. The number of halogens is 1. The van der Waals surface area contributed by atoms with Crippen LogP contribution < -0.4 is 4.90 Å². The van der Waals surface area contributed by atoms with Gasteiger partial charge in [-0.3, -0.25) is 4.90 Å². The minimum Gasteiger partial charge on any atom is -0.389 e. The van der Waals surface area contributed by atoms with Crippen LogP contribution in [0.15, 0.2) is 24.3 Å². The molecular formula is C22H31FN4O. The summed E-state index contributed by atoms with van der Waals surface area (Å²) < 4.78 is 13.7. The van der Waals surface area contributed by atoms with E-state index < -0.39 is 5.60 Å². The molecule has 1 aliphatic heterocycles. The molecule has 0 radical (unpaired) electrons. The number of hydrogen-bond acceptors (Lipinski definition) is 5. The summed E-state index contributed by atoms with van der Waals surface area (Å²) in [5.74, 6) is 1.52. The van der Waals surface area contributed by atoms with Crippen LogP contribution in [0.1, 0.15) is 43.4 Å². The van der Waals surface area contributed by atoms with Gasteiger partial charge in [0.1, 0.15) is 17.5 Å². The topological polar surface area (TPSA) is 52.5 Å². The van der Waals surface area contributed by atoms with Gasteiger partial charge in [-0.25, -0.2) is 14.4 Å². The molecule has 6 heteroatoms. The Balaban J connectivity index is 1.85. The predicted molar refractivity (Wildman–Crippen MR) is 110 cm³/mol. The highest BCUT2D eigenvalue weighted by Crippen LogP contribution is 2.26. The summed E-state index contributed by atoms with van der Waals surface area (Å²) in [4.78, 5) is 14.0. The number of hydrogen-bond donors (Lipinski definition) is 1. The van der Waals surface area contributed by atoms with Crippen molar-refractivity contribution < 1.29 is 9.50 Å². The second kappa shape index (κ2) is 8.53. The number of anilines is 1. The third-order valence-corrected chi connectivity index (χ3v) is 5.07. The number of benzene rings is 1. The van der Waals surface area contributed by atoms with E-state index in [0.29, 0.717) is 13.0 Å². The van der Waals surface area contributed by atoms with Gasteiger partial charge in [0.15, 0.2) is 0 Å². The van der Waals surface area contributed by atoms with Crippen LogP contribution >= 0.6 is 0 Å². The van der Waals surface area contributed by atoms with Gasteiger partial charge < -0.3 is 10.0 Å². The Hall–Kier alpha value is -2.05. The maximum atomic E-state index is 13.7. The minimum absolute atomic E-state index is 0.217. The first-order valence-corrected chi connectivity index (χ1v) is 10.1. The minimum atomic E-state index is -0.689. The molecule has 5 nitrogen and oxygen atoms in total. The first-order valence-electron chi connectivity index (χ1n) is 10.1. The van der Waals surface area contributed by atoms with E-state index in [0.717, 1.165) is 61.1 Å². The number of aliphatic hydroxyl groups is 1. The Morgan fingerprint density at radius 2 is 1.86 bits per heavy atom. The van der Waals surface area contributed by atoms with Gasteiger partial charge in [0.2, 0.25) is 0 Å². The molecule has 2 aromatic rings. The highest BCUT2D eigenvalue weighted by molar-refractivity contribution is 5.52. The molecule has 0 saturated carbocycles. The van der Waals surface area contributed by atoms with E-state index in [1.165, 1.54) is 6.07 Å². The van der Waals surface area contributed by atoms with Crippen LogP contribution in [-0.4, -0.2) is 58.3 Å². The van der Waals surface area contributed by atoms with Gasteiger partial charge in [0.05, 0.1) is 5.60 Å². The van der Waals surface area contributed by atoms with Crippen molar-refractivity contribution in [3.8, 4) is 0 Å². The zero-order valence-corrected chi connectivity index (χ0v) is 17.4. The smallest absolute Gasteiger partial charge is 0.136 e. The lowest BCUT2D eigenvalue weighted by Crippen LogP contribution is -2.51. The monoisotopic (exact) mass is 386 g/mol. The molecule has 28 heavy (non-hydrogen) atoms. The maximum absolute atomic E-state index is 13.7. The van der Waals surface area contributed by atoms with Crippen molar-refractivity contribution in [2.75, 3.05) is 37.6 Å². The van der Waals surface area contributed by atoms with Gasteiger partial charge in [-0.2, -0.15) is 0 Å². The first kappa shape index (κ1) is 20.7. The Morgan fingerprint density at radius 3 is 2.46 bits per heavy atom. The third-order valence-electron chi connectivity index (χ3n) is 5.07. The van der Waals surface area contributed by atoms with Crippen LogP contribution in [0.2, 0.25) is 0 Å². The Bertz CT molecular complexity index is 811. The van der Waals surface area contributed by atoms with Crippen molar-refractivity contribution in [1.82, 2.24) is 14.9 Å². The average molecular weight is 387 g/mol. The second-order valence-corrected chi connectivity index (χ2v) is 8.26. The van der Waals surface area contributed by atoms with Gasteiger partial charge in [-0.05, 0) is 44.9 Å². The molecule has 1 aliphatic rings. The summed E-state index contributed by atoms with van der Waals surface area (Å²) in [7, 11) is 0. The van der Waals surface area contributed by atoms with Crippen molar-refractivity contribution in [3.05, 3.63) is 52.7 Å². The lowest BCUT2D eigenvalue weighted by atomic mass is 10.0. The fourth-order valence-electron chi connectivity index (χ4n) is 3.89. The average Bonchev–Trinajstić information content (AvgIpc) is 2.62. The lowest BCUT2D eigenvalue weighted by Gasteiger charge is -2.38. The van der Waals surface area contributed by atoms with Gasteiger partial charge in [0, 0.05) is 50.4 Å². The van der Waals surface area contributed by atoms with Gasteiger partial charge in [0.25, 0.3) is 0 Å². The standard InChI is InChI=1S/C22H31FN4O/c1-5-20-19(14-17-7-6-8-18(23)13-17)21(25-16(2)24-20)27-11-9-26(10-12-27)15-22(3,4)28/h6-8,13,28H,5,9-12,14-15H2,1-4H3. The molecule has 1 saturated heterocycles. The molecule has 0 unspecified atom stereocenters. The predicted octanol–water partition coefficient (Wildman–Crippen LogP) is 2.97. The normalized spacial score (nSPS) is 15.9. The van der Waals surface area contributed by atoms with E-state index in [4.69, 9.17) is 4.98 Å². The van der Waals surface area contributed by atoms with E-state index in [2.05, 4.69) is 21.7 Å². The molecule has 152 valence electrons. The number of aromatic nitrogens is 2. The lowest BCUT2D eigenvalue weighted by molar-refractivity contribution is 0.0344. The molecule has 0 spiro atoms. The van der Waals surface area contributed by atoms with Crippen molar-refractivity contribution in [3.63, 3.8) is 0 Å². The summed E-state index contributed by atoms with van der Waals surface area (Å²) in [6, 6.07) is 6.76. The molecule has 3 rings (SSSR count). The van der Waals surface area contributed by atoms with E-state index in [1.54, 1.807) is 12.1 Å². The largest absolute Gasteiger partial charge is 0.389 e. The highest BCUT2D eigenvalue weighted by atomic mass is 19.1. The fourth-order valence-corrected chi connectivity index (χ4v) is 3.89. The zero-order valence-electron chi connectivity index (χ0n) is 17.4. The van der Waals surface area contributed by atoms with Crippen LogP contribution in [0.5, 0.6) is 0 Å². The maximum Gasteiger partial charge on any atom is 0.136 e. The molecule has 1 fully saturated rings. The van der Waals surface area contributed by atoms with Crippen molar-refractivity contribution >= 4 is 5.82 Å². The van der Waals surface area contributed by atoms with Crippen molar-refractivity contribution in [1.29, 1.82) is 0 Å². The number of piperazine rings is 1. The summed E-state index contributed by atoms with van der Waals surface area (Å²) in [6.45, 7) is 11.9. The summed E-state index contributed by atoms with van der Waals surface area (Å²) in [5.41, 5.74) is 2.37. The summed E-state index contributed by atoms with van der Waals surface area (Å²) in [6.07, 6.45) is 1.44. The molecule has 0 aliphatic carbocycles. The summed E-state index contributed by atoms with van der Waals surface area (Å²) in [5, 5.41) is 10.1. The van der Waals surface area contributed by atoms with Crippen molar-refractivity contribution in [2.45, 2.75) is 46.1 Å². The van der Waals surface area contributed by atoms with Crippen LogP contribution in [0.3, 0.4) is 0 Å². The van der Waals surface area contributed by atoms with Gasteiger partial charge in [-0.15, -0.1) is 0 Å². The highest BCUT2D eigenvalue weighted by Gasteiger charge is 2.25. The van der Waals surface area contributed by atoms with Gasteiger partial charge >= 0.3 is 0 Å². The quantitative estimate of drug-likeness (QED) is 0.827. The van der Waals surface area contributed by atoms with Crippen LogP contribution in [0.25, 0.3) is 0 Å². The van der Waals surface area contributed by atoms with Gasteiger partial charge in [-0.1, -0.05) is 19.1 Å². The molecule has 2 heterocycles. The molecular weight excluding hydrogens is 355 g/mol. The summed E-state index contributed by atoms with van der Waals surface area (Å²) >= 11 is 0. The molecule has 1 aromatic heterocycles. The number of nitrogens with zero attached hydrogens (tertiary/aromatic N) is 4. The SMILES string of the molecule is CCc1nc(C)nc(N2CCN(CC(C)(C)O)CC2)c1Cc1cccc(F)c1. The Morgan fingerprint density at radius 1 is 1.14 bits per heavy atom. The Labute approximate surface area is 167 Å². The van der Waals surface area contributed by atoms with Crippen LogP contribution in [0.4, 0.5) is 10.2 Å².